The number of fused-ring (bicyclic) bond motifs is 1. The van der Waals surface area contributed by atoms with Crippen LogP contribution in [0.2, 0.25) is 0 Å². The molecular formula is C33H30N2O3. The first-order valence-electron chi connectivity index (χ1n) is 13.3. The molecule has 1 fully saturated rings. The van der Waals surface area contributed by atoms with Gasteiger partial charge in [-0.25, -0.2) is 9.78 Å². The van der Waals surface area contributed by atoms with E-state index < -0.39 is 5.97 Å². The summed E-state index contributed by atoms with van der Waals surface area (Å²) in [7, 11) is 0. The van der Waals surface area contributed by atoms with Gasteiger partial charge in [-0.05, 0) is 78.1 Å². The summed E-state index contributed by atoms with van der Waals surface area (Å²) in [5, 5.41) is 9.47. The van der Waals surface area contributed by atoms with Crippen LogP contribution >= 0.6 is 0 Å². The van der Waals surface area contributed by atoms with E-state index >= 15 is 0 Å². The second-order valence-electron chi connectivity index (χ2n) is 9.99. The smallest absolute Gasteiger partial charge is 0.335 e. The number of carbonyl (C=O) groups is 1. The third kappa shape index (κ3) is 4.92. The minimum Gasteiger partial charge on any atom is -0.489 e. The first kappa shape index (κ1) is 24.0. The number of carboxylic acid groups (broad SMARTS) is 1. The maximum Gasteiger partial charge on any atom is 0.335 e. The Morgan fingerprint density at radius 3 is 2.34 bits per heavy atom. The molecule has 4 aromatic carbocycles. The lowest BCUT2D eigenvalue weighted by atomic mass is 9.95. The molecule has 6 rings (SSSR count). The Kier molecular flexibility index (Phi) is 6.65. The van der Waals surface area contributed by atoms with Gasteiger partial charge in [-0.2, -0.15) is 0 Å². The third-order valence-electron chi connectivity index (χ3n) is 7.43. The molecule has 190 valence electrons. The molecule has 0 saturated heterocycles. The fourth-order valence-corrected chi connectivity index (χ4v) is 5.48. The van der Waals surface area contributed by atoms with E-state index in [0.29, 0.717) is 12.6 Å². The largest absolute Gasteiger partial charge is 0.489 e. The van der Waals surface area contributed by atoms with Gasteiger partial charge in [0.15, 0.2) is 0 Å². The van der Waals surface area contributed by atoms with Crippen LogP contribution in [0, 0.1) is 0 Å². The number of aromatic carboxylic acids is 1. The molecule has 5 nitrogen and oxygen atoms in total. The average Bonchev–Trinajstić information content (AvgIpc) is 3.36. The number of nitrogens with zero attached hydrogens (tertiary/aromatic N) is 2. The van der Waals surface area contributed by atoms with Gasteiger partial charge in [-0.1, -0.05) is 67.8 Å². The van der Waals surface area contributed by atoms with Gasteiger partial charge in [0.25, 0.3) is 0 Å². The van der Waals surface area contributed by atoms with Gasteiger partial charge in [0.2, 0.25) is 0 Å². The number of ether oxygens (including phenoxy) is 1. The first-order valence-corrected chi connectivity index (χ1v) is 13.3. The third-order valence-corrected chi connectivity index (χ3v) is 7.43. The van der Waals surface area contributed by atoms with Crippen molar-refractivity contribution < 1.29 is 14.6 Å². The molecule has 0 spiro atoms. The maximum atomic E-state index is 11.6. The van der Waals surface area contributed by atoms with Crippen LogP contribution in [0.5, 0.6) is 5.75 Å². The van der Waals surface area contributed by atoms with E-state index in [4.69, 9.17) is 9.72 Å². The van der Waals surface area contributed by atoms with Gasteiger partial charge >= 0.3 is 5.97 Å². The fraction of sp³-hybridized carbons (Fsp3) is 0.212. The Balaban J connectivity index is 1.25. The van der Waals surface area contributed by atoms with Crippen LogP contribution in [-0.4, -0.2) is 20.6 Å². The van der Waals surface area contributed by atoms with E-state index in [1.54, 1.807) is 12.1 Å². The van der Waals surface area contributed by atoms with E-state index in [0.717, 1.165) is 46.6 Å². The Labute approximate surface area is 222 Å². The minimum atomic E-state index is -0.934. The van der Waals surface area contributed by atoms with Crippen LogP contribution in [0.25, 0.3) is 33.5 Å². The second-order valence-corrected chi connectivity index (χ2v) is 9.99. The van der Waals surface area contributed by atoms with Gasteiger partial charge in [0, 0.05) is 11.6 Å². The quantitative estimate of drug-likeness (QED) is 0.244. The van der Waals surface area contributed by atoms with Crippen LogP contribution < -0.4 is 4.74 Å². The van der Waals surface area contributed by atoms with Crippen molar-refractivity contribution in [2.75, 3.05) is 0 Å². The van der Waals surface area contributed by atoms with Gasteiger partial charge in [0.1, 0.15) is 18.2 Å². The molecule has 1 aliphatic rings. The molecule has 5 aromatic rings. The van der Waals surface area contributed by atoms with Crippen molar-refractivity contribution in [1.29, 1.82) is 0 Å². The highest BCUT2D eigenvalue weighted by atomic mass is 16.5. The molecule has 0 aliphatic heterocycles. The van der Waals surface area contributed by atoms with Crippen molar-refractivity contribution in [3.8, 4) is 28.3 Å². The zero-order valence-corrected chi connectivity index (χ0v) is 21.2. The van der Waals surface area contributed by atoms with Crippen molar-refractivity contribution in [2.24, 2.45) is 0 Å². The summed E-state index contributed by atoms with van der Waals surface area (Å²) in [5.41, 5.74) is 6.47. The lowest BCUT2D eigenvalue weighted by Crippen LogP contribution is -2.14. The summed E-state index contributed by atoms with van der Waals surface area (Å²) >= 11 is 0. The molecule has 0 atom stereocenters. The summed E-state index contributed by atoms with van der Waals surface area (Å²) in [6.45, 7) is 0.485. The molecular weight excluding hydrogens is 472 g/mol. The van der Waals surface area contributed by atoms with Gasteiger partial charge in [-0.3, -0.25) is 0 Å². The molecule has 1 aromatic heterocycles. The highest BCUT2D eigenvalue weighted by molar-refractivity contribution is 5.93. The van der Waals surface area contributed by atoms with Crippen molar-refractivity contribution in [1.82, 2.24) is 9.55 Å². The zero-order chi connectivity index (χ0) is 25.9. The van der Waals surface area contributed by atoms with E-state index in [9.17, 15) is 9.90 Å². The van der Waals surface area contributed by atoms with Crippen molar-refractivity contribution >= 4 is 17.0 Å². The predicted octanol–water partition coefficient (Wildman–Crippen LogP) is 8.15. The molecule has 1 heterocycles. The average molecular weight is 503 g/mol. The van der Waals surface area contributed by atoms with Crippen LogP contribution in [-0.2, 0) is 6.61 Å². The number of carboxylic acids is 1. The number of hydrogen-bond donors (Lipinski definition) is 1. The van der Waals surface area contributed by atoms with Crippen LogP contribution in [0.15, 0.2) is 97.1 Å². The monoisotopic (exact) mass is 502 g/mol. The number of benzene rings is 4. The summed E-state index contributed by atoms with van der Waals surface area (Å²) < 4.78 is 8.45. The summed E-state index contributed by atoms with van der Waals surface area (Å²) in [5.74, 6) is 0.750. The lowest BCUT2D eigenvalue weighted by molar-refractivity contribution is 0.0697. The zero-order valence-electron chi connectivity index (χ0n) is 21.2. The topological polar surface area (TPSA) is 64.3 Å². The molecule has 0 unspecified atom stereocenters. The normalized spacial score (nSPS) is 14.0. The minimum absolute atomic E-state index is 0.262. The Bertz CT molecular complexity index is 1570. The first-order chi connectivity index (χ1) is 18.7. The van der Waals surface area contributed by atoms with Crippen LogP contribution in [0.3, 0.4) is 0 Å². The second kappa shape index (κ2) is 10.5. The summed E-state index contributed by atoms with van der Waals surface area (Å²) in [4.78, 5) is 16.5. The van der Waals surface area contributed by atoms with E-state index in [2.05, 4.69) is 41.0 Å². The molecule has 0 amide bonds. The van der Waals surface area contributed by atoms with Gasteiger partial charge in [-0.15, -0.1) is 0 Å². The summed E-state index contributed by atoms with van der Waals surface area (Å²) in [6.07, 6.45) is 5.90. The van der Waals surface area contributed by atoms with Crippen molar-refractivity contribution in [3.05, 3.63) is 108 Å². The van der Waals surface area contributed by atoms with E-state index in [1.807, 2.05) is 48.5 Å². The van der Waals surface area contributed by atoms with E-state index in [1.165, 1.54) is 30.4 Å². The summed E-state index contributed by atoms with van der Waals surface area (Å²) in [6, 6.07) is 32.5. The standard InChI is InChI=1S/C33H30N2O3/c36-33(37)27-16-19-31-30(21-27)34-32(35(31)28-12-5-2-6-13-28)25-14-17-29(18-15-25)38-22-23-8-7-11-26(20-23)24-9-3-1-4-10-24/h1,3-4,7-11,14-21,28H,2,5-6,12-13,22H2,(H,36,37). The number of rotatable bonds is 7. The van der Waals surface area contributed by atoms with Crippen molar-refractivity contribution in [3.63, 3.8) is 0 Å². The highest BCUT2D eigenvalue weighted by Crippen LogP contribution is 2.36. The Morgan fingerprint density at radius 1 is 0.816 bits per heavy atom. The van der Waals surface area contributed by atoms with Crippen LogP contribution in [0.4, 0.5) is 0 Å². The number of aromatic nitrogens is 2. The predicted molar refractivity (Wildman–Crippen MR) is 150 cm³/mol. The molecule has 1 saturated carbocycles. The number of imidazole rings is 1. The molecule has 0 bridgehead atoms. The van der Waals surface area contributed by atoms with Gasteiger partial charge < -0.3 is 14.4 Å². The SMILES string of the molecule is O=C(O)c1ccc2c(c1)nc(-c1ccc(OCc3cccc(-c4ccccc4)c3)cc1)n2C1CCCCC1. The molecule has 0 radical (unpaired) electrons. The van der Waals surface area contributed by atoms with Gasteiger partial charge in [0.05, 0.1) is 16.6 Å². The van der Waals surface area contributed by atoms with Crippen molar-refractivity contribution in [2.45, 2.75) is 44.8 Å². The Hall–Kier alpha value is -4.38. The fourth-order valence-electron chi connectivity index (χ4n) is 5.48. The maximum absolute atomic E-state index is 11.6. The lowest BCUT2D eigenvalue weighted by Gasteiger charge is -2.25. The Morgan fingerprint density at radius 2 is 1.58 bits per heavy atom. The number of hydrogen-bond acceptors (Lipinski definition) is 3. The molecule has 1 N–H and O–H groups in total. The van der Waals surface area contributed by atoms with E-state index in [-0.39, 0.29) is 5.56 Å². The molecule has 5 heteroatoms. The highest BCUT2D eigenvalue weighted by Gasteiger charge is 2.23. The molecule has 38 heavy (non-hydrogen) atoms. The van der Waals surface area contributed by atoms with Crippen LogP contribution in [0.1, 0.15) is 54.1 Å². The molecule has 1 aliphatic carbocycles.